The van der Waals surface area contributed by atoms with Crippen molar-refractivity contribution in [2.45, 2.75) is 51.7 Å². The normalized spacial score (nSPS) is 12.2. The highest BCUT2D eigenvalue weighted by Crippen LogP contribution is 2.38. The van der Waals surface area contributed by atoms with Crippen LogP contribution < -0.4 is 9.47 Å². The fraction of sp³-hybridized carbons (Fsp3) is 0.417. The number of rotatable bonds is 8. The largest absolute Gasteiger partial charge is 0.505 e. The fourth-order valence-electron chi connectivity index (χ4n) is 3.35. The second-order valence-corrected chi connectivity index (χ2v) is 14.5. The van der Waals surface area contributed by atoms with Crippen molar-refractivity contribution < 1.29 is 14.6 Å². The first-order chi connectivity index (χ1) is 14.5. The SMILES string of the molecule is C=C[Si-](C)(C)CCCOc1cc(-n2nc3ccc(OC)cc3n2)c(O)c(C(C)(C)C)c1. The van der Waals surface area contributed by atoms with Crippen LogP contribution in [0.3, 0.4) is 0 Å². The molecule has 0 aliphatic heterocycles. The van der Waals surface area contributed by atoms with Crippen LogP contribution in [-0.2, 0) is 5.41 Å². The Balaban J connectivity index is 1.95. The maximum Gasteiger partial charge on any atom is 0.147 e. The molecule has 1 aromatic heterocycles. The van der Waals surface area contributed by atoms with E-state index in [1.54, 1.807) is 13.2 Å². The highest BCUT2D eigenvalue weighted by atomic mass is 28.3. The number of benzene rings is 2. The number of ether oxygens (including phenoxy) is 2. The van der Waals surface area contributed by atoms with Crippen LogP contribution >= 0.6 is 0 Å². The van der Waals surface area contributed by atoms with E-state index in [2.05, 4.69) is 56.3 Å². The van der Waals surface area contributed by atoms with Crippen LogP contribution in [0.5, 0.6) is 17.2 Å². The van der Waals surface area contributed by atoms with Crippen LogP contribution in [0.25, 0.3) is 16.7 Å². The van der Waals surface area contributed by atoms with Gasteiger partial charge in [0.2, 0.25) is 0 Å². The number of aromatic nitrogens is 3. The smallest absolute Gasteiger partial charge is 0.147 e. The zero-order valence-electron chi connectivity index (χ0n) is 19.4. The molecule has 167 valence electrons. The summed E-state index contributed by atoms with van der Waals surface area (Å²) < 4.78 is 11.4. The molecule has 0 atom stereocenters. The van der Waals surface area contributed by atoms with Crippen molar-refractivity contribution in [1.29, 1.82) is 0 Å². The number of phenolic OH excluding ortho intramolecular Hbond substituents is 1. The van der Waals surface area contributed by atoms with E-state index in [1.807, 2.05) is 24.3 Å². The van der Waals surface area contributed by atoms with Crippen LogP contribution in [0.2, 0.25) is 19.1 Å². The molecule has 3 rings (SSSR count). The van der Waals surface area contributed by atoms with Gasteiger partial charge in [0.25, 0.3) is 0 Å². The average Bonchev–Trinajstić information content (AvgIpc) is 3.14. The minimum absolute atomic E-state index is 0.160. The minimum atomic E-state index is -1.35. The van der Waals surface area contributed by atoms with Gasteiger partial charge in [0.1, 0.15) is 34.0 Å². The molecule has 0 aliphatic rings. The molecule has 0 radical (unpaired) electrons. The third kappa shape index (κ3) is 5.28. The molecule has 31 heavy (non-hydrogen) atoms. The van der Waals surface area contributed by atoms with Crippen molar-refractivity contribution in [2.75, 3.05) is 13.7 Å². The van der Waals surface area contributed by atoms with Crippen LogP contribution in [0.15, 0.2) is 42.6 Å². The van der Waals surface area contributed by atoms with Gasteiger partial charge < -0.3 is 14.6 Å². The Hall–Kier alpha value is -2.80. The molecule has 3 aromatic rings. The molecule has 1 N–H and O–H groups in total. The van der Waals surface area contributed by atoms with Gasteiger partial charge in [0, 0.05) is 17.7 Å². The number of methoxy groups -OCH3 is 1. The first-order valence-electron chi connectivity index (χ1n) is 10.6. The molecule has 0 saturated heterocycles. The highest BCUT2D eigenvalue weighted by Gasteiger charge is 2.24. The monoisotopic (exact) mass is 439 g/mol. The van der Waals surface area contributed by atoms with Gasteiger partial charge in [-0.25, -0.2) is 5.70 Å². The van der Waals surface area contributed by atoms with E-state index in [0.717, 1.165) is 23.5 Å². The lowest BCUT2D eigenvalue weighted by Crippen LogP contribution is -2.22. The quantitative estimate of drug-likeness (QED) is 0.364. The van der Waals surface area contributed by atoms with Gasteiger partial charge in [-0.3, -0.25) is 0 Å². The average molecular weight is 440 g/mol. The molecule has 7 heteroatoms. The summed E-state index contributed by atoms with van der Waals surface area (Å²) >= 11 is 0. The number of phenols is 1. The Labute approximate surface area is 185 Å². The Morgan fingerprint density at radius 2 is 1.81 bits per heavy atom. The van der Waals surface area contributed by atoms with Gasteiger partial charge >= 0.3 is 0 Å². The summed E-state index contributed by atoms with van der Waals surface area (Å²) in [5, 5.41) is 20.2. The lowest BCUT2D eigenvalue weighted by Gasteiger charge is -2.29. The maximum atomic E-state index is 11.1. The molecular formula is C24H33N3O3Si-. The summed E-state index contributed by atoms with van der Waals surface area (Å²) in [6.07, 6.45) is 0.968. The number of fused-ring (bicyclic) bond motifs is 1. The molecule has 1 heterocycles. The first kappa shape index (κ1) is 22.9. The van der Waals surface area contributed by atoms with E-state index in [1.165, 1.54) is 4.80 Å². The number of hydrogen-bond acceptors (Lipinski definition) is 5. The molecule has 0 bridgehead atoms. The van der Waals surface area contributed by atoms with E-state index in [0.29, 0.717) is 29.3 Å². The predicted molar refractivity (Wildman–Crippen MR) is 128 cm³/mol. The van der Waals surface area contributed by atoms with Crippen LogP contribution in [-0.4, -0.2) is 41.9 Å². The molecule has 0 aliphatic carbocycles. The zero-order valence-corrected chi connectivity index (χ0v) is 20.4. The van der Waals surface area contributed by atoms with Gasteiger partial charge in [-0.1, -0.05) is 20.8 Å². The lowest BCUT2D eigenvalue weighted by atomic mass is 9.86. The number of nitrogens with zero attached hydrogens (tertiary/aromatic N) is 3. The maximum absolute atomic E-state index is 11.1. The van der Waals surface area contributed by atoms with Crippen molar-refractivity contribution in [3.8, 4) is 22.9 Å². The Morgan fingerprint density at radius 3 is 2.45 bits per heavy atom. The van der Waals surface area contributed by atoms with Gasteiger partial charge in [-0.05, 0) is 30.0 Å². The Morgan fingerprint density at radius 1 is 1.10 bits per heavy atom. The fourth-order valence-corrected chi connectivity index (χ4v) is 4.61. The van der Waals surface area contributed by atoms with Crippen LogP contribution in [0.4, 0.5) is 0 Å². The van der Waals surface area contributed by atoms with E-state index >= 15 is 0 Å². The van der Waals surface area contributed by atoms with Crippen molar-refractivity contribution in [3.05, 3.63) is 48.2 Å². The van der Waals surface area contributed by atoms with Gasteiger partial charge in [-0.2, -0.15) is 19.1 Å². The molecule has 0 saturated carbocycles. The summed E-state index contributed by atoms with van der Waals surface area (Å²) in [6.45, 7) is 15.4. The van der Waals surface area contributed by atoms with Crippen molar-refractivity contribution in [3.63, 3.8) is 0 Å². The summed E-state index contributed by atoms with van der Waals surface area (Å²) in [4.78, 5) is 1.47. The van der Waals surface area contributed by atoms with Gasteiger partial charge in [-0.15, -0.1) is 29.6 Å². The molecule has 2 aromatic carbocycles. The van der Waals surface area contributed by atoms with Crippen LogP contribution in [0, 0.1) is 0 Å². The lowest BCUT2D eigenvalue weighted by molar-refractivity contribution is 0.314. The number of hydrogen-bond donors (Lipinski definition) is 1. The molecular weight excluding hydrogens is 406 g/mol. The van der Waals surface area contributed by atoms with Gasteiger partial charge in [0.05, 0.1) is 13.7 Å². The minimum Gasteiger partial charge on any atom is -0.505 e. The predicted octanol–water partition coefficient (Wildman–Crippen LogP) is 5.63. The van der Waals surface area contributed by atoms with Gasteiger partial charge in [0.15, 0.2) is 0 Å². The highest BCUT2D eigenvalue weighted by molar-refractivity contribution is 6.82. The Kier molecular flexibility index (Phi) is 6.45. The molecule has 0 spiro atoms. The summed E-state index contributed by atoms with van der Waals surface area (Å²) in [7, 11) is 0.271. The third-order valence-corrected chi connectivity index (χ3v) is 8.21. The summed E-state index contributed by atoms with van der Waals surface area (Å²) in [5.74, 6) is 1.57. The van der Waals surface area contributed by atoms with E-state index in [-0.39, 0.29) is 11.2 Å². The van der Waals surface area contributed by atoms with E-state index in [9.17, 15) is 5.11 Å². The second-order valence-electron chi connectivity index (χ2n) is 9.58. The Bertz CT molecular complexity index is 1080. The topological polar surface area (TPSA) is 69.4 Å². The number of aromatic hydroxyl groups is 1. The van der Waals surface area contributed by atoms with E-state index < -0.39 is 8.07 Å². The third-order valence-electron chi connectivity index (χ3n) is 5.46. The standard InChI is InChI=1S/C24H33N3O3Si/c1-8-31(6,7)13-9-12-30-18-14-19(24(2,3)4)23(28)22(16-18)27-25-20-11-10-17(29-5)15-21(20)26-27/h8,10-11,14-16,28H,1,9,12-13H2,2-7H3/q-1. The molecule has 0 amide bonds. The van der Waals surface area contributed by atoms with Crippen LogP contribution in [0.1, 0.15) is 32.8 Å². The van der Waals surface area contributed by atoms with Crippen molar-refractivity contribution >= 4 is 19.1 Å². The van der Waals surface area contributed by atoms with E-state index in [4.69, 9.17) is 9.47 Å². The molecule has 6 nitrogen and oxygen atoms in total. The summed E-state index contributed by atoms with van der Waals surface area (Å²) in [5.41, 5.74) is 4.55. The molecule has 0 unspecified atom stereocenters. The molecule has 0 fully saturated rings. The first-order valence-corrected chi connectivity index (χ1v) is 13.9. The zero-order chi connectivity index (χ0) is 22.8. The second kappa shape index (κ2) is 8.75. The summed E-state index contributed by atoms with van der Waals surface area (Å²) in [6, 6.07) is 10.4. The van der Waals surface area contributed by atoms with Crippen molar-refractivity contribution in [1.82, 2.24) is 15.0 Å². The van der Waals surface area contributed by atoms with Crippen molar-refractivity contribution in [2.24, 2.45) is 0 Å².